The van der Waals surface area contributed by atoms with Crippen LogP contribution in [0.1, 0.15) is 26.3 Å². The molecule has 0 saturated carbocycles. The Bertz CT molecular complexity index is 468. The van der Waals surface area contributed by atoms with Crippen LogP contribution in [0.15, 0.2) is 22.7 Å². The Morgan fingerprint density at radius 2 is 2.17 bits per heavy atom. The fourth-order valence-electron chi connectivity index (χ4n) is 1.68. The van der Waals surface area contributed by atoms with Crippen molar-refractivity contribution in [2.75, 3.05) is 6.73 Å². The first kappa shape index (κ1) is 13.2. The number of para-hydroxylation sites is 1. The van der Waals surface area contributed by atoms with E-state index in [9.17, 15) is 4.79 Å². The van der Waals surface area contributed by atoms with Crippen LogP contribution >= 0.6 is 15.9 Å². The van der Waals surface area contributed by atoms with E-state index in [1.807, 2.05) is 39.0 Å². The molecule has 0 fully saturated rings. The van der Waals surface area contributed by atoms with E-state index in [2.05, 4.69) is 15.9 Å². The van der Waals surface area contributed by atoms with Crippen LogP contribution in [0.25, 0.3) is 0 Å². The zero-order valence-electron chi connectivity index (χ0n) is 10.7. The Morgan fingerprint density at radius 3 is 2.83 bits per heavy atom. The van der Waals surface area contributed by atoms with Gasteiger partial charge in [0, 0.05) is 5.56 Å². The highest BCUT2D eigenvalue weighted by atomic mass is 79.9. The van der Waals surface area contributed by atoms with Crippen LogP contribution in [0.3, 0.4) is 0 Å². The van der Waals surface area contributed by atoms with Gasteiger partial charge in [-0.25, -0.2) is 4.79 Å². The minimum absolute atomic E-state index is 0.213. The molecule has 1 aromatic rings. The summed E-state index contributed by atoms with van der Waals surface area (Å²) in [6.07, 6.45) is -0.354. The summed E-state index contributed by atoms with van der Waals surface area (Å²) in [7, 11) is 0. The van der Waals surface area contributed by atoms with Gasteiger partial charge in [0.25, 0.3) is 0 Å². The molecule has 0 radical (unpaired) electrons. The van der Waals surface area contributed by atoms with Crippen LogP contribution in [0.2, 0.25) is 0 Å². The van der Waals surface area contributed by atoms with E-state index in [4.69, 9.17) is 9.47 Å². The monoisotopic (exact) mass is 313 g/mol. The fourth-order valence-corrected chi connectivity index (χ4v) is 2.20. The molecule has 0 aromatic heterocycles. The number of amides is 1. The van der Waals surface area contributed by atoms with E-state index in [0.717, 1.165) is 15.8 Å². The van der Waals surface area contributed by atoms with Crippen molar-refractivity contribution in [2.24, 2.45) is 0 Å². The second-order valence-electron chi connectivity index (χ2n) is 5.18. The van der Waals surface area contributed by atoms with Crippen molar-refractivity contribution in [1.29, 1.82) is 0 Å². The molecule has 18 heavy (non-hydrogen) atoms. The molecule has 2 rings (SSSR count). The highest BCUT2D eigenvalue weighted by Crippen LogP contribution is 2.33. The summed E-state index contributed by atoms with van der Waals surface area (Å²) in [6.45, 7) is 6.26. The molecule has 0 aliphatic carbocycles. The minimum atomic E-state index is -0.491. The zero-order chi connectivity index (χ0) is 13.3. The molecule has 1 aliphatic heterocycles. The van der Waals surface area contributed by atoms with Crippen molar-refractivity contribution in [3.05, 3.63) is 28.2 Å². The Balaban J connectivity index is 2.11. The van der Waals surface area contributed by atoms with Crippen molar-refractivity contribution < 1.29 is 14.3 Å². The van der Waals surface area contributed by atoms with Gasteiger partial charge in [-0.2, -0.15) is 0 Å². The maximum atomic E-state index is 11.9. The average Bonchev–Trinajstić information content (AvgIpc) is 2.26. The molecular weight excluding hydrogens is 298 g/mol. The number of hydrogen-bond donors (Lipinski definition) is 0. The van der Waals surface area contributed by atoms with E-state index >= 15 is 0 Å². The predicted octanol–water partition coefficient (Wildman–Crippen LogP) is 3.54. The lowest BCUT2D eigenvalue weighted by atomic mass is 10.1. The lowest BCUT2D eigenvalue weighted by Crippen LogP contribution is -2.40. The van der Waals surface area contributed by atoms with Crippen molar-refractivity contribution in [2.45, 2.75) is 32.9 Å². The van der Waals surface area contributed by atoms with E-state index in [1.54, 1.807) is 4.90 Å². The fraction of sp³-hybridized carbons (Fsp3) is 0.462. The molecule has 0 unspecified atom stereocenters. The summed E-state index contributed by atoms with van der Waals surface area (Å²) in [4.78, 5) is 13.5. The van der Waals surface area contributed by atoms with Crippen LogP contribution in [0.5, 0.6) is 5.75 Å². The van der Waals surface area contributed by atoms with Gasteiger partial charge in [-0.15, -0.1) is 0 Å². The zero-order valence-corrected chi connectivity index (χ0v) is 12.3. The topological polar surface area (TPSA) is 38.8 Å². The second-order valence-corrected chi connectivity index (χ2v) is 6.03. The first-order valence-electron chi connectivity index (χ1n) is 5.75. The van der Waals surface area contributed by atoms with E-state index in [-0.39, 0.29) is 12.8 Å². The predicted molar refractivity (Wildman–Crippen MR) is 71.4 cm³/mol. The summed E-state index contributed by atoms with van der Waals surface area (Å²) in [5.41, 5.74) is 0.482. The van der Waals surface area contributed by atoms with Crippen LogP contribution in [0, 0.1) is 0 Å². The highest BCUT2D eigenvalue weighted by Gasteiger charge is 2.27. The maximum Gasteiger partial charge on any atom is 0.413 e. The van der Waals surface area contributed by atoms with Gasteiger partial charge in [0.05, 0.1) is 11.0 Å². The lowest BCUT2D eigenvalue weighted by molar-refractivity contribution is 0.00222. The molecule has 1 amide bonds. The molecule has 0 atom stereocenters. The molecule has 98 valence electrons. The third-order valence-electron chi connectivity index (χ3n) is 2.43. The van der Waals surface area contributed by atoms with E-state index in [0.29, 0.717) is 6.54 Å². The molecule has 1 aromatic carbocycles. The molecule has 1 aliphatic rings. The van der Waals surface area contributed by atoms with Crippen molar-refractivity contribution in [1.82, 2.24) is 4.90 Å². The number of ether oxygens (including phenoxy) is 2. The summed E-state index contributed by atoms with van der Waals surface area (Å²) in [5, 5.41) is 0. The van der Waals surface area contributed by atoms with Gasteiger partial charge in [-0.05, 0) is 42.8 Å². The van der Waals surface area contributed by atoms with Crippen molar-refractivity contribution >= 4 is 22.0 Å². The van der Waals surface area contributed by atoms with Crippen molar-refractivity contribution in [3.63, 3.8) is 0 Å². The Labute approximate surface area is 115 Å². The van der Waals surface area contributed by atoms with Gasteiger partial charge in [0.15, 0.2) is 6.73 Å². The summed E-state index contributed by atoms with van der Waals surface area (Å²) in [6, 6.07) is 5.78. The largest absolute Gasteiger partial charge is 0.471 e. The first-order chi connectivity index (χ1) is 8.37. The normalized spacial score (nSPS) is 14.8. The number of rotatable bonds is 0. The molecule has 1 heterocycles. The third kappa shape index (κ3) is 2.96. The molecule has 0 saturated heterocycles. The van der Waals surface area contributed by atoms with E-state index in [1.165, 1.54) is 0 Å². The van der Waals surface area contributed by atoms with Gasteiger partial charge in [-0.3, -0.25) is 4.90 Å². The average molecular weight is 314 g/mol. The van der Waals surface area contributed by atoms with Crippen LogP contribution < -0.4 is 4.74 Å². The summed E-state index contributed by atoms with van der Waals surface area (Å²) >= 11 is 3.43. The number of carbonyl (C=O) groups excluding carboxylic acids is 1. The van der Waals surface area contributed by atoms with Gasteiger partial charge < -0.3 is 9.47 Å². The number of benzene rings is 1. The number of hydrogen-bond acceptors (Lipinski definition) is 3. The quantitative estimate of drug-likeness (QED) is 0.735. The Kier molecular flexibility index (Phi) is 3.52. The second kappa shape index (κ2) is 4.80. The maximum absolute atomic E-state index is 11.9. The molecule has 0 spiro atoms. The van der Waals surface area contributed by atoms with Gasteiger partial charge in [0.1, 0.15) is 11.4 Å². The van der Waals surface area contributed by atoms with Gasteiger partial charge in [0.2, 0.25) is 0 Å². The molecule has 0 N–H and O–H groups in total. The van der Waals surface area contributed by atoms with Gasteiger partial charge >= 0.3 is 6.09 Å². The third-order valence-corrected chi connectivity index (χ3v) is 3.05. The summed E-state index contributed by atoms with van der Waals surface area (Å²) in [5.74, 6) is 0.803. The summed E-state index contributed by atoms with van der Waals surface area (Å²) < 4.78 is 11.8. The smallest absolute Gasteiger partial charge is 0.413 e. The molecule has 5 heteroatoms. The number of fused-ring (bicyclic) bond motifs is 1. The number of halogens is 1. The molecule has 4 nitrogen and oxygen atoms in total. The first-order valence-corrected chi connectivity index (χ1v) is 6.54. The standard InChI is InChI=1S/C13H16BrNO3/c1-13(2,3)18-12(16)15-7-9-5-4-6-10(14)11(9)17-8-15/h4-6H,7-8H2,1-3H3. The SMILES string of the molecule is CC(C)(C)OC(=O)N1COc2c(Br)cccc2C1. The number of carbonyl (C=O) groups is 1. The number of nitrogens with zero attached hydrogens (tertiary/aromatic N) is 1. The van der Waals surface area contributed by atoms with Crippen molar-refractivity contribution in [3.8, 4) is 5.75 Å². The Morgan fingerprint density at radius 1 is 1.44 bits per heavy atom. The highest BCUT2D eigenvalue weighted by molar-refractivity contribution is 9.10. The van der Waals surface area contributed by atoms with Crippen LogP contribution in [0.4, 0.5) is 4.79 Å². The van der Waals surface area contributed by atoms with Gasteiger partial charge in [-0.1, -0.05) is 12.1 Å². The molecular formula is C13H16BrNO3. The van der Waals surface area contributed by atoms with Crippen LogP contribution in [-0.2, 0) is 11.3 Å². The van der Waals surface area contributed by atoms with E-state index < -0.39 is 5.60 Å². The van der Waals surface area contributed by atoms with Crippen LogP contribution in [-0.4, -0.2) is 23.3 Å². The Hall–Kier alpha value is -1.23. The lowest BCUT2D eigenvalue weighted by Gasteiger charge is -2.31. The molecule has 0 bridgehead atoms. The minimum Gasteiger partial charge on any atom is -0.471 e.